The second-order valence-electron chi connectivity index (χ2n) is 5.37. The molecular formula is C16H20N2. The SMILES string of the molecule is CN1CCN(C)C(c2ccc3ccccc3c2)C1. The highest BCUT2D eigenvalue weighted by Crippen LogP contribution is 2.26. The summed E-state index contributed by atoms with van der Waals surface area (Å²) in [5.41, 5.74) is 1.43. The highest BCUT2D eigenvalue weighted by molar-refractivity contribution is 5.83. The summed E-state index contributed by atoms with van der Waals surface area (Å²) in [5.74, 6) is 0. The standard InChI is InChI=1S/C16H20N2/c1-17-9-10-18(2)16(12-17)15-8-7-13-5-3-4-6-14(13)11-15/h3-8,11,16H,9-10,12H2,1-2H3. The second-order valence-corrected chi connectivity index (χ2v) is 5.37. The van der Waals surface area contributed by atoms with Crippen LogP contribution < -0.4 is 0 Å². The van der Waals surface area contributed by atoms with Crippen molar-refractivity contribution in [3.05, 3.63) is 48.0 Å². The molecule has 0 aromatic heterocycles. The molecule has 18 heavy (non-hydrogen) atoms. The molecule has 0 bridgehead atoms. The lowest BCUT2D eigenvalue weighted by molar-refractivity contribution is 0.115. The minimum absolute atomic E-state index is 0.522. The molecule has 0 amide bonds. The fourth-order valence-electron chi connectivity index (χ4n) is 2.79. The van der Waals surface area contributed by atoms with Gasteiger partial charge in [-0.15, -0.1) is 0 Å². The smallest absolute Gasteiger partial charge is 0.0472 e. The van der Waals surface area contributed by atoms with E-state index in [0.717, 1.165) is 13.1 Å². The van der Waals surface area contributed by atoms with E-state index in [-0.39, 0.29) is 0 Å². The molecule has 0 spiro atoms. The molecule has 0 N–H and O–H groups in total. The molecule has 2 nitrogen and oxygen atoms in total. The summed E-state index contributed by atoms with van der Waals surface area (Å²) in [6, 6.07) is 16.0. The maximum atomic E-state index is 2.46. The maximum Gasteiger partial charge on any atom is 0.0472 e. The van der Waals surface area contributed by atoms with Gasteiger partial charge in [-0.3, -0.25) is 4.90 Å². The van der Waals surface area contributed by atoms with Gasteiger partial charge in [-0.1, -0.05) is 36.4 Å². The molecule has 1 atom stereocenters. The normalized spacial score (nSPS) is 22.4. The van der Waals surface area contributed by atoms with Gasteiger partial charge in [-0.25, -0.2) is 0 Å². The molecule has 1 aliphatic rings. The van der Waals surface area contributed by atoms with Gasteiger partial charge in [0.25, 0.3) is 0 Å². The van der Waals surface area contributed by atoms with E-state index in [1.807, 2.05) is 0 Å². The Kier molecular flexibility index (Phi) is 3.06. The lowest BCUT2D eigenvalue weighted by Crippen LogP contribution is -2.44. The van der Waals surface area contributed by atoms with Gasteiger partial charge in [0.15, 0.2) is 0 Å². The van der Waals surface area contributed by atoms with Crippen molar-refractivity contribution in [2.24, 2.45) is 0 Å². The van der Waals surface area contributed by atoms with Crippen molar-refractivity contribution >= 4 is 10.8 Å². The van der Waals surface area contributed by atoms with Gasteiger partial charge in [0.05, 0.1) is 0 Å². The van der Waals surface area contributed by atoms with E-state index >= 15 is 0 Å². The van der Waals surface area contributed by atoms with Gasteiger partial charge >= 0.3 is 0 Å². The number of benzene rings is 2. The quantitative estimate of drug-likeness (QED) is 0.756. The van der Waals surface area contributed by atoms with E-state index in [4.69, 9.17) is 0 Å². The Morgan fingerprint density at radius 1 is 0.944 bits per heavy atom. The summed E-state index contributed by atoms with van der Waals surface area (Å²) in [7, 11) is 4.44. The molecule has 0 saturated carbocycles. The van der Waals surface area contributed by atoms with Gasteiger partial charge in [0.2, 0.25) is 0 Å². The van der Waals surface area contributed by atoms with Gasteiger partial charge < -0.3 is 4.90 Å². The number of nitrogens with zero attached hydrogens (tertiary/aromatic N) is 2. The van der Waals surface area contributed by atoms with Crippen molar-refractivity contribution in [1.82, 2.24) is 9.80 Å². The van der Waals surface area contributed by atoms with Crippen LogP contribution in [-0.4, -0.2) is 43.5 Å². The van der Waals surface area contributed by atoms with Crippen molar-refractivity contribution in [2.75, 3.05) is 33.7 Å². The van der Waals surface area contributed by atoms with E-state index in [9.17, 15) is 0 Å². The molecular weight excluding hydrogens is 220 g/mol. The van der Waals surface area contributed by atoms with Crippen LogP contribution in [0.5, 0.6) is 0 Å². The van der Waals surface area contributed by atoms with Crippen LogP contribution in [0.2, 0.25) is 0 Å². The third-order valence-corrected chi connectivity index (χ3v) is 4.01. The minimum Gasteiger partial charge on any atom is -0.303 e. The first-order valence-corrected chi connectivity index (χ1v) is 6.61. The fraction of sp³-hybridized carbons (Fsp3) is 0.375. The van der Waals surface area contributed by atoms with E-state index < -0.39 is 0 Å². The number of rotatable bonds is 1. The lowest BCUT2D eigenvalue weighted by atomic mass is 9.99. The molecule has 0 aliphatic carbocycles. The van der Waals surface area contributed by atoms with E-state index in [1.165, 1.54) is 22.9 Å². The molecule has 94 valence electrons. The highest BCUT2D eigenvalue weighted by Gasteiger charge is 2.23. The van der Waals surface area contributed by atoms with Crippen molar-refractivity contribution < 1.29 is 0 Å². The second kappa shape index (κ2) is 4.71. The topological polar surface area (TPSA) is 6.48 Å². The molecule has 1 aliphatic heterocycles. The zero-order chi connectivity index (χ0) is 12.5. The first-order chi connectivity index (χ1) is 8.74. The molecule has 2 aromatic rings. The highest BCUT2D eigenvalue weighted by atomic mass is 15.3. The Balaban J connectivity index is 1.97. The van der Waals surface area contributed by atoms with E-state index in [0.29, 0.717) is 6.04 Å². The molecule has 2 aromatic carbocycles. The van der Waals surface area contributed by atoms with Crippen LogP contribution in [0.1, 0.15) is 11.6 Å². The van der Waals surface area contributed by atoms with Crippen molar-refractivity contribution in [3.63, 3.8) is 0 Å². The van der Waals surface area contributed by atoms with Crippen molar-refractivity contribution in [1.29, 1.82) is 0 Å². The van der Waals surface area contributed by atoms with Crippen molar-refractivity contribution in [2.45, 2.75) is 6.04 Å². The van der Waals surface area contributed by atoms with Crippen LogP contribution >= 0.6 is 0 Å². The summed E-state index contributed by atoms with van der Waals surface area (Å²) >= 11 is 0. The fourth-order valence-corrected chi connectivity index (χ4v) is 2.79. The third kappa shape index (κ3) is 2.14. The Labute approximate surface area is 109 Å². The average molecular weight is 240 g/mol. The molecule has 1 saturated heterocycles. The summed E-state index contributed by atoms with van der Waals surface area (Å²) in [4.78, 5) is 4.88. The van der Waals surface area contributed by atoms with E-state index in [2.05, 4.69) is 66.4 Å². The van der Waals surface area contributed by atoms with Crippen LogP contribution in [0.3, 0.4) is 0 Å². The zero-order valence-corrected chi connectivity index (χ0v) is 11.1. The average Bonchev–Trinajstić information content (AvgIpc) is 2.41. The first-order valence-electron chi connectivity index (χ1n) is 6.61. The Morgan fingerprint density at radius 2 is 1.72 bits per heavy atom. The first kappa shape index (κ1) is 11.7. The monoisotopic (exact) mass is 240 g/mol. The van der Waals surface area contributed by atoms with Crippen LogP contribution in [0, 0.1) is 0 Å². The Hall–Kier alpha value is -1.38. The molecule has 1 heterocycles. The lowest BCUT2D eigenvalue weighted by Gasteiger charge is -2.38. The summed E-state index contributed by atoms with van der Waals surface area (Å²) in [5, 5.41) is 2.67. The summed E-state index contributed by atoms with van der Waals surface area (Å²) < 4.78 is 0. The van der Waals surface area contributed by atoms with Gasteiger partial charge in [0.1, 0.15) is 0 Å². The van der Waals surface area contributed by atoms with Crippen LogP contribution in [0.4, 0.5) is 0 Å². The number of piperazine rings is 1. The molecule has 1 unspecified atom stereocenters. The predicted molar refractivity (Wildman–Crippen MR) is 76.8 cm³/mol. The Morgan fingerprint density at radius 3 is 2.56 bits per heavy atom. The largest absolute Gasteiger partial charge is 0.303 e. The number of likely N-dealkylation sites (N-methyl/N-ethyl adjacent to an activating group) is 2. The summed E-state index contributed by atoms with van der Waals surface area (Å²) in [6.07, 6.45) is 0. The van der Waals surface area contributed by atoms with Crippen LogP contribution in [-0.2, 0) is 0 Å². The number of hydrogen-bond donors (Lipinski definition) is 0. The van der Waals surface area contributed by atoms with Crippen LogP contribution in [0.25, 0.3) is 10.8 Å². The molecule has 0 radical (unpaired) electrons. The number of hydrogen-bond acceptors (Lipinski definition) is 2. The minimum atomic E-state index is 0.522. The third-order valence-electron chi connectivity index (χ3n) is 4.01. The predicted octanol–water partition coefficient (Wildman–Crippen LogP) is 2.76. The van der Waals surface area contributed by atoms with Gasteiger partial charge in [-0.05, 0) is 36.5 Å². The van der Waals surface area contributed by atoms with Crippen LogP contribution in [0.15, 0.2) is 42.5 Å². The molecule has 2 heteroatoms. The maximum absolute atomic E-state index is 2.46. The Bertz CT molecular complexity index is 550. The van der Waals surface area contributed by atoms with E-state index in [1.54, 1.807) is 0 Å². The van der Waals surface area contributed by atoms with Gasteiger partial charge in [-0.2, -0.15) is 0 Å². The number of fused-ring (bicyclic) bond motifs is 1. The zero-order valence-electron chi connectivity index (χ0n) is 11.1. The molecule has 1 fully saturated rings. The summed E-state index contributed by atoms with van der Waals surface area (Å²) in [6.45, 7) is 3.43. The van der Waals surface area contributed by atoms with Gasteiger partial charge in [0, 0.05) is 25.7 Å². The van der Waals surface area contributed by atoms with Crippen molar-refractivity contribution in [3.8, 4) is 0 Å². The molecule has 3 rings (SSSR count).